The van der Waals surface area contributed by atoms with Crippen molar-refractivity contribution >= 4 is 5.97 Å². The second kappa shape index (κ2) is 4.37. The third-order valence-electron chi connectivity index (χ3n) is 2.41. The zero-order valence-electron chi connectivity index (χ0n) is 9.71. The lowest BCUT2D eigenvalue weighted by Crippen LogP contribution is -2.02. The molecule has 0 aliphatic heterocycles. The number of aromatic nitrogens is 3. The van der Waals surface area contributed by atoms with Crippen LogP contribution in [0, 0.1) is 13.8 Å². The quantitative estimate of drug-likeness (QED) is 0.869. The Morgan fingerprint density at radius 1 is 1.29 bits per heavy atom. The van der Waals surface area contributed by atoms with Gasteiger partial charge in [-0.15, -0.1) is 0 Å². The van der Waals surface area contributed by atoms with Crippen molar-refractivity contribution < 1.29 is 9.90 Å². The molecule has 88 valence electrons. The molecule has 0 aliphatic rings. The summed E-state index contributed by atoms with van der Waals surface area (Å²) in [5, 5.41) is 12.9. The first-order chi connectivity index (χ1) is 8.06. The van der Waals surface area contributed by atoms with Crippen LogP contribution in [0.25, 0.3) is 5.69 Å². The van der Waals surface area contributed by atoms with Gasteiger partial charge in [-0.3, -0.25) is 4.79 Å². The first-order valence-electron chi connectivity index (χ1n) is 5.27. The highest BCUT2D eigenvalue weighted by atomic mass is 16.4. The molecule has 0 saturated carbocycles. The molecule has 1 heterocycles. The highest BCUT2D eigenvalue weighted by Gasteiger charge is 2.05. The Kier molecular flexibility index (Phi) is 2.91. The summed E-state index contributed by atoms with van der Waals surface area (Å²) in [6.07, 6.45) is 0.0373. The summed E-state index contributed by atoms with van der Waals surface area (Å²) >= 11 is 0. The molecule has 0 atom stereocenters. The van der Waals surface area contributed by atoms with E-state index in [0.29, 0.717) is 0 Å². The van der Waals surface area contributed by atoms with Gasteiger partial charge in [0.15, 0.2) is 0 Å². The second-order valence-electron chi connectivity index (χ2n) is 3.85. The average Bonchev–Trinajstić information content (AvgIpc) is 2.58. The molecular formula is C12H13N3O2. The summed E-state index contributed by atoms with van der Waals surface area (Å²) in [6, 6.07) is 7.28. The fraction of sp³-hybridized carbons (Fsp3) is 0.250. The molecule has 17 heavy (non-hydrogen) atoms. The topological polar surface area (TPSA) is 68.0 Å². The summed E-state index contributed by atoms with van der Waals surface area (Å²) in [7, 11) is 0. The second-order valence-corrected chi connectivity index (χ2v) is 3.85. The molecule has 1 aromatic carbocycles. The van der Waals surface area contributed by atoms with E-state index in [1.807, 2.05) is 26.0 Å². The van der Waals surface area contributed by atoms with Crippen molar-refractivity contribution in [2.75, 3.05) is 0 Å². The molecule has 2 aromatic rings. The Hall–Kier alpha value is -2.17. The molecule has 1 N–H and O–H groups in total. The van der Waals surface area contributed by atoms with E-state index in [9.17, 15) is 4.79 Å². The van der Waals surface area contributed by atoms with Crippen molar-refractivity contribution in [1.29, 1.82) is 0 Å². The van der Waals surface area contributed by atoms with Crippen molar-refractivity contribution in [1.82, 2.24) is 14.8 Å². The summed E-state index contributed by atoms with van der Waals surface area (Å²) in [4.78, 5) is 14.8. The Labute approximate surface area is 98.7 Å². The van der Waals surface area contributed by atoms with Crippen molar-refractivity contribution in [2.24, 2.45) is 0 Å². The van der Waals surface area contributed by atoms with Gasteiger partial charge < -0.3 is 5.11 Å². The molecule has 5 nitrogen and oxygen atoms in total. The van der Waals surface area contributed by atoms with Crippen LogP contribution in [-0.4, -0.2) is 25.8 Å². The molecule has 0 unspecified atom stereocenters. The van der Waals surface area contributed by atoms with E-state index in [-0.39, 0.29) is 6.42 Å². The summed E-state index contributed by atoms with van der Waals surface area (Å²) < 4.78 is 1.74. The largest absolute Gasteiger partial charge is 0.481 e. The third kappa shape index (κ3) is 2.50. The molecular weight excluding hydrogens is 218 g/mol. The van der Waals surface area contributed by atoms with E-state index in [1.165, 1.54) is 0 Å². The third-order valence-corrected chi connectivity index (χ3v) is 2.41. The predicted molar refractivity (Wildman–Crippen MR) is 62.2 cm³/mol. The van der Waals surface area contributed by atoms with Crippen LogP contribution in [0.4, 0.5) is 0 Å². The van der Waals surface area contributed by atoms with Gasteiger partial charge in [0.25, 0.3) is 0 Å². The number of aliphatic carboxylic acids is 1. The molecule has 0 aliphatic carbocycles. The Morgan fingerprint density at radius 3 is 2.41 bits per heavy atom. The van der Waals surface area contributed by atoms with Crippen molar-refractivity contribution in [3.8, 4) is 5.69 Å². The fourth-order valence-electron chi connectivity index (χ4n) is 1.70. The number of rotatable bonds is 3. The van der Waals surface area contributed by atoms with Crippen LogP contribution < -0.4 is 0 Å². The molecule has 0 spiro atoms. The molecule has 0 saturated heterocycles. The van der Waals surface area contributed by atoms with E-state index in [2.05, 4.69) is 10.1 Å². The molecule has 2 rings (SSSR count). The Bertz CT molecular complexity index is 543. The number of carbonyl (C=O) groups is 1. The van der Waals surface area contributed by atoms with Crippen LogP contribution in [0.2, 0.25) is 0 Å². The normalized spacial score (nSPS) is 10.5. The van der Waals surface area contributed by atoms with Crippen LogP contribution in [0.3, 0.4) is 0 Å². The average molecular weight is 231 g/mol. The minimum atomic E-state index is -0.828. The maximum Gasteiger partial charge on any atom is 0.307 e. The fourth-order valence-corrected chi connectivity index (χ4v) is 1.70. The molecule has 1 aromatic heterocycles. The Morgan fingerprint density at radius 2 is 1.94 bits per heavy atom. The smallest absolute Gasteiger partial charge is 0.307 e. The maximum atomic E-state index is 10.6. The lowest BCUT2D eigenvalue weighted by Gasteiger charge is -2.03. The zero-order valence-corrected chi connectivity index (χ0v) is 9.71. The van der Waals surface area contributed by atoms with Gasteiger partial charge in [-0.25, -0.2) is 9.67 Å². The number of benzene rings is 1. The van der Waals surface area contributed by atoms with E-state index >= 15 is 0 Å². The first-order valence-corrected chi connectivity index (χ1v) is 5.27. The van der Waals surface area contributed by atoms with Gasteiger partial charge >= 0.3 is 5.97 Å². The van der Waals surface area contributed by atoms with Crippen LogP contribution in [0.15, 0.2) is 24.3 Å². The van der Waals surface area contributed by atoms with Gasteiger partial charge in [0.2, 0.25) is 0 Å². The number of nitrogens with zero attached hydrogens (tertiary/aromatic N) is 3. The number of carboxylic acid groups (broad SMARTS) is 1. The van der Waals surface area contributed by atoms with Gasteiger partial charge in [-0.05, 0) is 31.5 Å². The van der Waals surface area contributed by atoms with Crippen molar-refractivity contribution in [3.63, 3.8) is 0 Å². The predicted octanol–water partition coefficient (Wildman–Crippen LogP) is 1.51. The highest BCUT2D eigenvalue weighted by molar-refractivity contribution is 5.70. The van der Waals surface area contributed by atoms with Crippen molar-refractivity contribution in [3.05, 3.63) is 41.5 Å². The molecule has 0 amide bonds. The van der Waals surface area contributed by atoms with E-state index in [4.69, 9.17) is 5.11 Å². The SMILES string of the molecule is Cc1nc(C)n(-c2ccc(CC(=O)O)cc2)n1. The van der Waals surface area contributed by atoms with E-state index in [1.54, 1.807) is 16.8 Å². The summed E-state index contributed by atoms with van der Waals surface area (Å²) in [6.45, 7) is 3.72. The van der Waals surface area contributed by atoms with Crippen LogP contribution in [0.5, 0.6) is 0 Å². The molecule has 5 heteroatoms. The minimum absolute atomic E-state index is 0.0373. The maximum absolute atomic E-state index is 10.6. The van der Waals surface area contributed by atoms with Gasteiger partial charge in [-0.1, -0.05) is 12.1 Å². The molecule has 0 bridgehead atoms. The van der Waals surface area contributed by atoms with E-state index < -0.39 is 5.97 Å². The lowest BCUT2D eigenvalue weighted by atomic mass is 10.1. The number of carboxylic acids is 1. The lowest BCUT2D eigenvalue weighted by molar-refractivity contribution is -0.136. The van der Waals surface area contributed by atoms with Crippen LogP contribution in [-0.2, 0) is 11.2 Å². The van der Waals surface area contributed by atoms with Gasteiger partial charge in [0.1, 0.15) is 11.6 Å². The first kappa shape index (κ1) is 11.3. The monoisotopic (exact) mass is 231 g/mol. The van der Waals surface area contributed by atoms with E-state index in [0.717, 1.165) is 22.9 Å². The zero-order chi connectivity index (χ0) is 12.4. The molecule has 0 fully saturated rings. The van der Waals surface area contributed by atoms with Crippen molar-refractivity contribution in [2.45, 2.75) is 20.3 Å². The Balaban J connectivity index is 2.29. The summed E-state index contributed by atoms with van der Waals surface area (Å²) in [5.41, 5.74) is 1.66. The number of hydrogen-bond acceptors (Lipinski definition) is 3. The van der Waals surface area contributed by atoms with Gasteiger partial charge in [0, 0.05) is 0 Å². The highest BCUT2D eigenvalue weighted by Crippen LogP contribution is 2.11. The van der Waals surface area contributed by atoms with Crippen LogP contribution in [0.1, 0.15) is 17.2 Å². The number of hydrogen-bond donors (Lipinski definition) is 1. The minimum Gasteiger partial charge on any atom is -0.481 e. The van der Waals surface area contributed by atoms with Crippen LogP contribution >= 0.6 is 0 Å². The molecule has 0 radical (unpaired) electrons. The standard InChI is InChI=1S/C12H13N3O2/c1-8-13-9(2)15(14-8)11-5-3-10(4-6-11)7-12(16)17/h3-6H,7H2,1-2H3,(H,16,17). The van der Waals surface area contributed by atoms with Gasteiger partial charge in [0.05, 0.1) is 12.1 Å². The van der Waals surface area contributed by atoms with Gasteiger partial charge in [-0.2, -0.15) is 5.10 Å². The number of aryl methyl sites for hydroxylation is 2. The summed E-state index contributed by atoms with van der Waals surface area (Å²) in [5.74, 6) is 0.705.